The van der Waals surface area contributed by atoms with Gasteiger partial charge in [-0.2, -0.15) is 8.78 Å². The molecule has 1 N–H and O–H groups in total. The van der Waals surface area contributed by atoms with Crippen molar-refractivity contribution in [3.63, 3.8) is 0 Å². The number of likely N-dealkylation sites (tertiary alicyclic amines) is 1. The van der Waals surface area contributed by atoms with Crippen molar-refractivity contribution in [2.75, 3.05) is 26.4 Å². The monoisotopic (exact) mass is 474 g/mol. The molecule has 1 atom stereocenters. The maximum atomic E-state index is 13.0. The highest BCUT2D eigenvalue weighted by Gasteiger charge is 2.32. The summed E-state index contributed by atoms with van der Waals surface area (Å²) in [5, 5.41) is 3.02. The fourth-order valence-corrected chi connectivity index (χ4v) is 4.26. The largest absolute Gasteiger partial charge is 0.454 e. The van der Waals surface area contributed by atoms with Gasteiger partial charge in [0.1, 0.15) is 5.75 Å². The van der Waals surface area contributed by atoms with E-state index in [1.54, 1.807) is 6.07 Å². The highest BCUT2D eigenvalue weighted by Crippen LogP contribution is 2.36. The maximum Gasteiger partial charge on any atom is 0.387 e. The quantitative estimate of drug-likeness (QED) is 0.657. The molecule has 2 aliphatic rings. The van der Waals surface area contributed by atoms with Crippen LogP contribution in [-0.4, -0.2) is 49.8 Å². The zero-order valence-electron chi connectivity index (χ0n) is 19.2. The highest BCUT2D eigenvalue weighted by molar-refractivity contribution is 5.97. The van der Waals surface area contributed by atoms with Gasteiger partial charge in [-0.15, -0.1) is 0 Å². The molecule has 0 saturated carbocycles. The van der Waals surface area contributed by atoms with Crippen molar-refractivity contribution < 1.29 is 32.6 Å². The third-order valence-electron chi connectivity index (χ3n) is 6.27. The van der Waals surface area contributed by atoms with Gasteiger partial charge in [0, 0.05) is 25.0 Å². The number of nitrogens with one attached hydrogen (secondary N) is 1. The molecule has 0 spiro atoms. The lowest BCUT2D eigenvalue weighted by atomic mass is 9.84. The Balaban J connectivity index is 1.38. The van der Waals surface area contributed by atoms with Gasteiger partial charge in [0.05, 0.1) is 11.5 Å². The molecule has 2 amide bonds. The van der Waals surface area contributed by atoms with Gasteiger partial charge in [0.2, 0.25) is 12.7 Å². The number of amides is 2. The molecular weight excluding hydrogens is 446 g/mol. The van der Waals surface area contributed by atoms with Crippen LogP contribution in [-0.2, 0) is 10.2 Å². The number of nitrogens with zero attached hydrogens (tertiary/aromatic N) is 1. The van der Waals surface area contributed by atoms with Crippen LogP contribution in [0.1, 0.15) is 42.6 Å². The Hall–Kier alpha value is -3.36. The molecule has 182 valence electrons. The average molecular weight is 475 g/mol. The van der Waals surface area contributed by atoms with Crippen LogP contribution in [0.5, 0.6) is 17.2 Å². The lowest BCUT2D eigenvalue weighted by Crippen LogP contribution is -2.47. The molecule has 2 aromatic carbocycles. The van der Waals surface area contributed by atoms with Crippen LogP contribution < -0.4 is 19.5 Å². The third kappa shape index (κ3) is 5.24. The Morgan fingerprint density at radius 3 is 2.74 bits per heavy atom. The number of ether oxygens (including phenoxy) is 3. The van der Waals surface area contributed by atoms with E-state index < -0.39 is 12.5 Å². The second kappa shape index (κ2) is 9.87. The van der Waals surface area contributed by atoms with Crippen LogP contribution in [0.15, 0.2) is 42.5 Å². The molecule has 0 aliphatic carbocycles. The van der Waals surface area contributed by atoms with Crippen molar-refractivity contribution in [2.45, 2.75) is 38.7 Å². The summed E-state index contributed by atoms with van der Waals surface area (Å²) in [4.78, 5) is 27.5. The zero-order chi connectivity index (χ0) is 24.3. The molecule has 2 heterocycles. The Morgan fingerprint density at radius 1 is 1.18 bits per heavy atom. The van der Waals surface area contributed by atoms with Crippen LogP contribution in [0.25, 0.3) is 0 Å². The first-order valence-corrected chi connectivity index (χ1v) is 11.3. The summed E-state index contributed by atoms with van der Waals surface area (Å²) in [5.74, 6) is 0.288. The van der Waals surface area contributed by atoms with E-state index in [9.17, 15) is 18.4 Å². The first-order valence-electron chi connectivity index (χ1n) is 11.3. The smallest absolute Gasteiger partial charge is 0.387 e. The molecule has 1 fully saturated rings. The zero-order valence-corrected chi connectivity index (χ0v) is 19.2. The molecule has 1 saturated heterocycles. The molecule has 0 bridgehead atoms. The van der Waals surface area contributed by atoms with Crippen molar-refractivity contribution in [3.05, 3.63) is 53.6 Å². The van der Waals surface area contributed by atoms with Gasteiger partial charge in [-0.1, -0.05) is 32.0 Å². The summed E-state index contributed by atoms with van der Waals surface area (Å²) in [6, 6.07) is 11.7. The SMILES string of the molecule is CC(C)(CNC(=O)C1CCCN(C(=O)c2ccccc2OC(F)F)C1)c1ccc2c(c1)OCO2. The van der Waals surface area contributed by atoms with Gasteiger partial charge >= 0.3 is 6.61 Å². The number of hydrogen-bond donors (Lipinski definition) is 1. The summed E-state index contributed by atoms with van der Waals surface area (Å²) in [6.45, 7) is 2.31. The van der Waals surface area contributed by atoms with Crippen LogP contribution in [0.3, 0.4) is 0 Å². The Bertz CT molecular complexity index is 1060. The van der Waals surface area contributed by atoms with Crippen molar-refractivity contribution in [2.24, 2.45) is 5.92 Å². The van der Waals surface area contributed by atoms with Crippen LogP contribution in [0.2, 0.25) is 0 Å². The Labute approximate surface area is 197 Å². The van der Waals surface area contributed by atoms with Crippen molar-refractivity contribution in [1.29, 1.82) is 0 Å². The Morgan fingerprint density at radius 2 is 1.94 bits per heavy atom. The number of hydrogen-bond acceptors (Lipinski definition) is 5. The Kier molecular flexibility index (Phi) is 6.90. The van der Waals surface area contributed by atoms with Crippen molar-refractivity contribution in [1.82, 2.24) is 10.2 Å². The van der Waals surface area contributed by atoms with E-state index in [-0.39, 0.29) is 41.9 Å². The number of carbonyl (C=O) groups excluding carboxylic acids is 2. The predicted octanol–water partition coefficient (Wildman–Crippen LogP) is 3.96. The van der Waals surface area contributed by atoms with E-state index in [2.05, 4.69) is 10.1 Å². The molecule has 2 aromatic rings. The molecule has 2 aliphatic heterocycles. The van der Waals surface area contributed by atoms with Crippen LogP contribution in [0, 0.1) is 5.92 Å². The van der Waals surface area contributed by atoms with Crippen LogP contribution in [0.4, 0.5) is 8.78 Å². The molecule has 9 heteroatoms. The lowest BCUT2D eigenvalue weighted by Gasteiger charge is -2.33. The van der Waals surface area contributed by atoms with Gasteiger partial charge in [0.15, 0.2) is 11.5 Å². The van der Waals surface area contributed by atoms with E-state index >= 15 is 0 Å². The molecule has 0 aromatic heterocycles. The van der Waals surface area contributed by atoms with Gasteiger partial charge in [-0.25, -0.2) is 0 Å². The van der Waals surface area contributed by atoms with Crippen molar-refractivity contribution >= 4 is 11.8 Å². The van der Waals surface area contributed by atoms with E-state index in [0.29, 0.717) is 37.4 Å². The first kappa shape index (κ1) is 23.8. The van der Waals surface area contributed by atoms with E-state index in [1.807, 2.05) is 32.0 Å². The number of halogens is 2. The average Bonchev–Trinajstić information content (AvgIpc) is 3.30. The fourth-order valence-electron chi connectivity index (χ4n) is 4.26. The summed E-state index contributed by atoms with van der Waals surface area (Å²) >= 11 is 0. The topological polar surface area (TPSA) is 77.1 Å². The minimum Gasteiger partial charge on any atom is -0.454 e. The summed E-state index contributed by atoms with van der Waals surface area (Å²) < 4.78 is 40.8. The van der Waals surface area contributed by atoms with E-state index in [1.165, 1.54) is 23.1 Å². The van der Waals surface area contributed by atoms with Gasteiger partial charge in [0.25, 0.3) is 5.91 Å². The van der Waals surface area contributed by atoms with Crippen LogP contribution >= 0.6 is 0 Å². The van der Waals surface area contributed by atoms with E-state index in [4.69, 9.17) is 9.47 Å². The lowest BCUT2D eigenvalue weighted by molar-refractivity contribution is -0.126. The fraction of sp³-hybridized carbons (Fsp3) is 0.440. The third-order valence-corrected chi connectivity index (χ3v) is 6.27. The molecule has 0 radical (unpaired) electrons. The number of rotatable bonds is 7. The number of piperidine rings is 1. The number of carbonyl (C=O) groups is 2. The van der Waals surface area contributed by atoms with Gasteiger partial charge in [-0.3, -0.25) is 9.59 Å². The number of alkyl halides is 2. The van der Waals surface area contributed by atoms with Gasteiger partial charge < -0.3 is 24.4 Å². The molecule has 7 nitrogen and oxygen atoms in total. The first-order chi connectivity index (χ1) is 16.2. The minimum absolute atomic E-state index is 0.0628. The molecule has 34 heavy (non-hydrogen) atoms. The molecule has 4 rings (SSSR count). The molecular formula is C25H28F2N2O5. The highest BCUT2D eigenvalue weighted by atomic mass is 19.3. The maximum absolute atomic E-state index is 13.0. The summed E-state index contributed by atoms with van der Waals surface area (Å²) in [5.41, 5.74) is 0.716. The molecule has 1 unspecified atom stereocenters. The second-order valence-electron chi connectivity index (χ2n) is 9.13. The summed E-state index contributed by atoms with van der Waals surface area (Å²) in [6.07, 6.45) is 1.29. The standard InChI is InChI=1S/C25H28F2N2O5/c1-25(2,17-9-10-20-21(12-17)33-15-32-20)14-28-22(30)16-6-5-11-29(13-16)23(31)18-7-3-4-8-19(18)34-24(26)27/h3-4,7-10,12,16,24H,5-6,11,13-15H2,1-2H3,(H,28,30). The minimum atomic E-state index is -3.03. The second-order valence-corrected chi connectivity index (χ2v) is 9.13. The predicted molar refractivity (Wildman–Crippen MR) is 120 cm³/mol. The number of fused-ring (bicyclic) bond motifs is 1. The van der Waals surface area contributed by atoms with Gasteiger partial charge in [-0.05, 0) is 42.7 Å². The van der Waals surface area contributed by atoms with Crippen molar-refractivity contribution in [3.8, 4) is 17.2 Å². The number of benzene rings is 2. The summed E-state index contributed by atoms with van der Waals surface area (Å²) in [7, 11) is 0. The normalized spacial score (nSPS) is 17.6. The van der Waals surface area contributed by atoms with E-state index in [0.717, 1.165) is 5.56 Å². The number of para-hydroxylation sites is 1.